The first-order valence-electron chi connectivity index (χ1n) is 5.54. The lowest BCUT2D eigenvalue weighted by Gasteiger charge is -2.08. The summed E-state index contributed by atoms with van der Waals surface area (Å²) in [6.45, 7) is 0. The molecule has 1 atom stereocenters. The third kappa shape index (κ3) is 2.90. The van der Waals surface area contributed by atoms with Crippen molar-refractivity contribution in [2.45, 2.75) is 0 Å². The lowest BCUT2D eigenvalue weighted by atomic mass is 10.2. The van der Waals surface area contributed by atoms with Crippen molar-refractivity contribution in [2.75, 3.05) is 7.11 Å². The molecule has 18 heavy (non-hydrogen) atoms. The van der Waals surface area contributed by atoms with Crippen molar-refractivity contribution in [2.24, 2.45) is 0 Å². The highest BCUT2D eigenvalue weighted by molar-refractivity contribution is 7.71. The van der Waals surface area contributed by atoms with E-state index in [9.17, 15) is 4.57 Å². The van der Waals surface area contributed by atoms with Gasteiger partial charge in [-0.25, -0.2) is 0 Å². The van der Waals surface area contributed by atoms with Crippen LogP contribution in [0.4, 0.5) is 0 Å². The van der Waals surface area contributed by atoms with Crippen LogP contribution in [0.5, 0.6) is 0 Å². The molecule has 0 spiro atoms. The summed E-state index contributed by atoms with van der Waals surface area (Å²) >= 11 is 0. The van der Waals surface area contributed by atoms with Crippen molar-refractivity contribution >= 4 is 12.7 Å². The van der Waals surface area contributed by atoms with E-state index in [2.05, 4.69) is 11.6 Å². The summed E-state index contributed by atoms with van der Waals surface area (Å²) in [4.78, 5) is 0. The van der Waals surface area contributed by atoms with Gasteiger partial charge < -0.3 is 4.52 Å². The summed E-state index contributed by atoms with van der Waals surface area (Å²) < 4.78 is 17.7. The summed E-state index contributed by atoms with van der Waals surface area (Å²) in [7, 11) is -1.66. The first kappa shape index (κ1) is 12.6. The molecule has 90 valence electrons. The minimum absolute atomic E-state index is 0.621. The molecule has 0 saturated heterocycles. The van der Waals surface area contributed by atoms with Crippen LogP contribution in [0.15, 0.2) is 60.7 Å². The summed E-state index contributed by atoms with van der Waals surface area (Å²) in [5, 5.41) is 0.621. The molecule has 0 radical (unpaired) electrons. The molecule has 0 aliphatic heterocycles. The molecule has 0 aliphatic rings. The first-order chi connectivity index (χ1) is 8.74. The van der Waals surface area contributed by atoms with E-state index in [1.54, 1.807) is 12.1 Å². The summed E-state index contributed by atoms with van der Waals surface area (Å²) in [5.41, 5.74) is 3.59. The van der Waals surface area contributed by atoms with Crippen molar-refractivity contribution in [3.8, 4) is 11.6 Å². The molecule has 0 bridgehead atoms. The Morgan fingerprint density at radius 3 is 2.06 bits per heavy atom. The maximum absolute atomic E-state index is 12.6. The Morgan fingerprint density at radius 1 is 0.944 bits per heavy atom. The Morgan fingerprint density at radius 2 is 1.50 bits per heavy atom. The van der Waals surface area contributed by atoms with Gasteiger partial charge in [-0.15, -0.1) is 0 Å². The van der Waals surface area contributed by atoms with Crippen LogP contribution in [-0.4, -0.2) is 7.11 Å². The van der Waals surface area contributed by atoms with Crippen LogP contribution in [-0.2, 0) is 9.09 Å². The van der Waals surface area contributed by atoms with E-state index in [-0.39, 0.29) is 0 Å². The summed E-state index contributed by atoms with van der Waals surface area (Å²) in [6.07, 6.45) is 0. The molecule has 0 aromatic heterocycles. The fraction of sp³-hybridized carbons (Fsp3) is 0.0667. The predicted molar refractivity (Wildman–Crippen MR) is 74.0 cm³/mol. The molecule has 0 unspecified atom stereocenters. The Bertz CT molecular complexity index is 609. The van der Waals surface area contributed by atoms with E-state index in [4.69, 9.17) is 4.52 Å². The Labute approximate surface area is 107 Å². The van der Waals surface area contributed by atoms with Crippen molar-refractivity contribution in [1.29, 1.82) is 0 Å². The van der Waals surface area contributed by atoms with Gasteiger partial charge in [-0.3, -0.25) is 4.57 Å². The standard InChI is InChI=1S/C15H13O2P/c1-17-18(16,15-10-6-3-7-11-15)13-12-14-8-4-2-5-9-14/h2-11H,1H3/t18-/m1/s1. The minimum atomic E-state index is -3.08. The van der Waals surface area contributed by atoms with E-state index in [0.29, 0.717) is 5.30 Å². The van der Waals surface area contributed by atoms with Crippen molar-refractivity contribution in [1.82, 2.24) is 0 Å². The van der Waals surface area contributed by atoms with E-state index >= 15 is 0 Å². The van der Waals surface area contributed by atoms with Crippen molar-refractivity contribution in [3.05, 3.63) is 66.2 Å². The highest BCUT2D eigenvalue weighted by Gasteiger charge is 2.20. The molecule has 2 aromatic carbocycles. The Hall–Kier alpha value is -1.81. The van der Waals surface area contributed by atoms with Gasteiger partial charge in [0.2, 0.25) is 0 Å². The van der Waals surface area contributed by atoms with Crippen LogP contribution >= 0.6 is 7.37 Å². The molecular weight excluding hydrogens is 243 g/mol. The van der Waals surface area contributed by atoms with Gasteiger partial charge in [0.05, 0.1) is 0 Å². The van der Waals surface area contributed by atoms with Crippen LogP contribution < -0.4 is 5.30 Å². The Balaban J connectivity index is 2.36. The molecule has 0 aliphatic carbocycles. The number of benzene rings is 2. The molecule has 2 rings (SSSR count). The molecule has 0 amide bonds. The van der Waals surface area contributed by atoms with Crippen LogP contribution in [0.1, 0.15) is 5.56 Å². The highest BCUT2D eigenvalue weighted by atomic mass is 31.2. The third-order valence-corrected chi connectivity index (χ3v) is 4.37. The van der Waals surface area contributed by atoms with Gasteiger partial charge in [-0.2, -0.15) is 0 Å². The molecule has 0 heterocycles. The second-order valence-electron chi connectivity index (χ2n) is 3.67. The second kappa shape index (κ2) is 5.69. The smallest absolute Gasteiger partial charge is 0.303 e. The molecule has 2 aromatic rings. The van der Waals surface area contributed by atoms with Gasteiger partial charge in [0.15, 0.2) is 0 Å². The zero-order chi connectivity index (χ0) is 12.8. The first-order valence-corrected chi connectivity index (χ1v) is 7.17. The van der Waals surface area contributed by atoms with Gasteiger partial charge in [-0.1, -0.05) is 42.3 Å². The summed E-state index contributed by atoms with van der Waals surface area (Å²) in [6, 6.07) is 18.5. The zero-order valence-corrected chi connectivity index (χ0v) is 10.9. The molecule has 3 heteroatoms. The minimum Gasteiger partial charge on any atom is -0.320 e. The van der Waals surface area contributed by atoms with E-state index < -0.39 is 7.37 Å². The SMILES string of the molecule is CO[P@](=O)(C#Cc1ccccc1)c1ccccc1. The molecular formula is C15H13O2P. The molecule has 0 saturated carbocycles. The highest BCUT2D eigenvalue weighted by Crippen LogP contribution is 2.43. The van der Waals surface area contributed by atoms with E-state index in [1.165, 1.54) is 7.11 Å². The molecule has 0 N–H and O–H groups in total. The van der Waals surface area contributed by atoms with Crippen LogP contribution in [0.3, 0.4) is 0 Å². The molecule has 0 fully saturated rings. The largest absolute Gasteiger partial charge is 0.320 e. The van der Waals surface area contributed by atoms with Gasteiger partial charge >= 0.3 is 7.37 Å². The fourth-order valence-corrected chi connectivity index (χ4v) is 2.77. The van der Waals surface area contributed by atoms with Crippen molar-refractivity contribution < 1.29 is 9.09 Å². The zero-order valence-electron chi connectivity index (χ0n) is 10.0. The quantitative estimate of drug-likeness (QED) is 0.609. The monoisotopic (exact) mass is 256 g/mol. The average Bonchev–Trinajstić information content (AvgIpc) is 2.47. The lowest BCUT2D eigenvalue weighted by molar-refractivity contribution is 0.413. The molecule has 2 nitrogen and oxygen atoms in total. The average molecular weight is 256 g/mol. The van der Waals surface area contributed by atoms with Crippen LogP contribution in [0, 0.1) is 11.6 Å². The van der Waals surface area contributed by atoms with Crippen molar-refractivity contribution in [3.63, 3.8) is 0 Å². The predicted octanol–water partition coefficient (Wildman–Crippen LogP) is 3.25. The number of hydrogen-bond donors (Lipinski definition) is 0. The number of hydrogen-bond acceptors (Lipinski definition) is 2. The number of rotatable bonds is 2. The van der Waals surface area contributed by atoms with Gasteiger partial charge in [0.25, 0.3) is 0 Å². The van der Waals surface area contributed by atoms with Gasteiger partial charge in [-0.05, 0) is 29.9 Å². The van der Waals surface area contributed by atoms with Crippen LogP contribution in [0.2, 0.25) is 0 Å². The maximum atomic E-state index is 12.6. The Kier molecular flexibility index (Phi) is 3.99. The third-order valence-electron chi connectivity index (χ3n) is 2.47. The summed E-state index contributed by atoms with van der Waals surface area (Å²) in [5.74, 6) is 2.90. The lowest BCUT2D eigenvalue weighted by Crippen LogP contribution is -2.03. The van der Waals surface area contributed by atoms with E-state index in [0.717, 1.165) is 5.56 Å². The normalized spacial score (nSPS) is 13.2. The maximum Gasteiger partial charge on any atom is 0.303 e. The second-order valence-corrected chi connectivity index (χ2v) is 5.88. The van der Waals surface area contributed by atoms with Crippen LogP contribution in [0.25, 0.3) is 0 Å². The van der Waals surface area contributed by atoms with E-state index in [1.807, 2.05) is 48.5 Å². The van der Waals surface area contributed by atoms with Gasteiger partial charge in [0.1, 0.15) is 0 Å². The van der Waals surface area contributed by atoms with Gasteiger partial charge in [0, 0.05) is 18.0 Å². The topological polar surface area (TPSA) is 26.3 Å². The fourth-order valence-electron chi connectivity index (χ4n) is 1.50.